The van der Waals surface area contributed by atoms with Gasteiger partial charge < -0.3 is 5.32 Å². The number of carbonyl (C=O) groups is 1. The Bertz CT molecular complexity index is 594. The molecule has 4 heteroatoms. The van der Waals surface area contributed by atoms with Crippen molar-refractivity contribution in [1.82, 2.24) is 9.78 Å². The van der Waals surface area contributed by atoms with Crippen LogP contribution < -0.4 is 5.32 Å². The van der Waals surface area contributed by atoms with E-state index in [1.54, 1.807) is 0 Å². The van der Waals surface area contributed by atoms with E-state index in [4.69, 9.17) is 0 Å². The Labute approximate surface area is 119 Å². The molecule has 1 N–H and O–H groups in total. The molecular weight excluding hydrogens is 250 g/mol. The molecule has 0 fully saturated rings. The van der Waals surface area contributed by atoms with Gasteiger partial charge in [-0.3, -0.25) is 4.79 Å². The minimum atomic E-state index is -0.191. The number of nitrogens with one attached hydrogen (secondary N) is 1. The summed E-state index contributed by atoms with van der Waals surface area (Å²) >= 11 is 0. The minimum Gasteiger partial charge on any atom is -0.311 e. The molecule has 1 aromatic heterocycles. The Balaban J connectivity index is 2.45. The van der Waals surface area contributed by atoms with Gasteiger partial charge in [-0.25, -0.2) is 4.68 Å². The lowest BCUT2D eigenvalue weighted by molar-refractivity contribution is -0.115. The molecule has 0 radical (unpaired) electrons. The Morgan fingerprint density at radius 1 is 1.25 bits per heavy atom. The first kappa shape index (κ1) is 14.3. The van der Waals surface area contributed by atoms with Gasteiger partial charge in [0.1, 0.15) is 5.82 Å². The van der Waals surface area contributed by atoms with Crippen LogP contribution in [0.5, 0.6) is 0 Å². The van der Waals surface area contributed by atoms with Gasteiger partial charge in [0, 0.05) is 18.1 Å². The molecule has 0 spiro atoms. The molecule has 0 bridgehead atoms. The van der Waals surface area contributed by atoms with Gasteiger partial charge in [-0.15, -0.1) is 0 Å². The second-order valence-electron chi connectivity index (χ2n) is 5.77. The third-order valence-electron chi connectivity index (χ3n) is 3.00. The molecule has 1 amide bonds. The van der Waals surface area contributed by atoms with Crippen molar-refractivity contribution >= 4 is 11.7 Å². The third kappa shape index (κ3) is 3.07. The van der Waals surface area contributed by atoms with Crippen LogP contribution in [0.1, 0.15) is 34.1 Å². The zero-order chi connectivity index (χ0) is 14.8. The molecule has 1 heterocycles. The van der Waals surface area contributed by atoms with Crippen LogP contribution in [-0.4, -0.2) is 15.7 Å². The van der Waals surface area contributed by atoms with E-state index in [0.29, 0.717) is 6.42 Å². The van der Waals surface area contributed by atoms with E-state index >= 15 is 0 Å². The van der Waals surface area contributed by atoms with Gasteiger partial charge in [0.05, 0.1) is 11.2 Å². The number of anilines is 1. The molecule has 2 rings (SSSR count). The monoisotopic (exact) mass is 271 g/mol. The summed E-state index contributed by atoms with van der Waals surface area (Å²) in [5, 5.41) is 7.56. The summed E-state index contributed by atoms with van der Waals surface area (Å²) in [5.41, 5.74) is 1.72. The fourth-order valence-corrected chi connectivity index (χ4v) is 1.96. The van der Waals surface area contributed by atoms with E-state index < -0.39 is 0 Å². The van der Waals surface area contributed by atoms with Gasteiger partial charge in [0.15, 0.2) is 0 Å². The van der Waals surface area contributed by atoms with Crippen molar-refractivity contribution in [3.05, 3.63) is 36.4 Å². The first-order valence-corrected chi connectivity index (χ1v) is 6.87. The highest BCUT2D eigenvalue weighted by Gasteiger charge is 2.21. The quantitative estimate of drug-likeness (QED) is 0.926. The summed E-state index contributed by atoms with van der Waals surface area (Å²) in [4.78, 5) is 11.7. The maximum absolute atomic E-state index is 11.7. The highest BCUT2D eigenvalue weighted by atomic mass is 16.1. The molecule has 106 valence electrons. The molecule has 1 aromatic carbocycles. The van der Waals surface area contributed by atoms with Gasteiger partial charge in [0.2, 0.25) is 5.91 Å². The average molecular weight is 271 g/mol. The minimum absolute atomic E-state index is 0.00462. The number of hydrogen-bond acceptors (Lipinski definition) is 2. The lowest BCUT2D eigenvalue weighted by atomic mass is 10.1. The number of carbonyl (C=O) groups excluding carboxylic acids is 1. The van der Waals surface area contributed by atoms with Crippen LogP contribution in [0, 0.1) is 0 Å². The van der Waals surface area contributed by atoms with Crippen LogP contribution >= 0.6 is 0 Å². The van der Waals surface area contributed by atoms with Crippen molar-refractivity contribution in [1.29, 1.82) is 0 Å². The van der Waals surface area contributed by atoms with Gasteiger partial charge in [-0.1, -0.05) is 37.3 Å². The molecular formula is C16H21N3O. The van der Waals surface area contributed by atoms with E-state index in [9.17, 15) is 4.79 Å². The van der Waals surface area contributed by atoms with Crippen LogP contribution in [0.15, 0.2) is 36.4 Å². The summed E-state index contributed by atoms with van der Waals surface area (Å²) < 4.78 is 1.86. The van der Waals surface area contributed by atoms with Crippen LogP contribution in [0.2, 0.25) is 0 Å². The molecule has 0 aliphatic rings. The van der Waals surface area contributed by atoms with Crippen molar-refractivity contribution in [2.45, 2.75) is 39.7 Å². The fraction of sp³-hybridized carbons (Fsp3) is 0.375. The maximum atomic E-state index is 11.7. The van der Waals surface area contributed by atoms with Crippen LogP contribution in [-0.2, 0) is 10.3 Å². The van der Waals surface area contributed by atoms with Crippen molar-refractivity contribution in [2.24, 2.45) is 0 Å². The summed E-state index contributed by atoms with van der Waals surface area (Å²) in [7, 11) is 0. The van der Waals surface area contributed by atoms with Gasteiger partial charge in [-0.05, 0) is 20.8 Å². The summed E-state index contributed by atoms with van der Waals surface area (Å²) in [6.07, 6.45) is 0.454. The number of hydrogen-bond donors (Lipinski definition) is 1. The standard InChI is InChI=1S/C16H21N3O/c1-5-15(20)17-14-11-13(12-9-7-6-8-10-12)18-19(14)16(2,3)4/h6-11H,5H2,1-4H3,(H,17,20). The van der Waals surface area contributed by atoms with Crippen molar-refractivity contribution < 1.29 is 4.79 Å². The van der Waals surface area contributed by atoms with Crippen molar-refractivity contribution in [3.8, 4) is 11.3 Å². The Hall–Kier alpha value is -2.10. The topological polar surface area (TPSA) is 46.9 Å². The van der Waals surface area contributed by atoms with E-state index in [1.807, 2.05) is 48.0 Å². The zero-order valence-electron chi connectivity index (χ0n) is 12.5. The molecule has 0 atom stereocenters. The van der Waals surface area contributed by atoms with Gasteiger partial charge >= 0.3 is 0 Å². The number of rotatable bonds is 3. The summed E-state index contributed by atoms with van der Waals surface area (Å²) in [5.74, 6) is 0.734. The molecule has 0 saturated carbocycles. The first-order chi connectivity index (χ1) is 9.41. The van der Waals surface area contributed by atoms with Crippen molar-refractivity contribution in [3.63, 3.8) is 0 Å². The SMILES string of the molecule is CCC(=O)Nc1cc(-c2ccccc2)nn1C(C)(C)C. The number of benzene rings is 1. The summed E-state index contributed by atoms with van der Waals surface area (Å²) in [6, 6.07) is 11.9. The number of nitrogens with zero attached hydrogens (tertiary/aromatic N) is 2. The van der Waals surface area contributed by atoms with E-state index in [-0.39, 0.29) is 11.4 Å². The first-order valence-electron chi connectivity index (χ1n) is 6.87. The lowest BCUT2D eigenvalue weighted by Crippen LogP contribution is -2.26. The maximum Gasteiger partial charge on any atom is 0.225 e. The third-order valence-corrected chi connectivity index (χ3v) is 3.00. The van der Waals surface area contributed by atoms with Gasteiger partial charge in [0.25, 0.3) is 0 Å². The second-order valence-corrected chi connectivity index (χ2v) is 5.77. The summed E-state index contributed by atoms with van der Waals surface area (Å²) in [6.45, 7) is 8.04. The highest BCUT2D eigenvalue weighted by Crippen LogP contribution is 2.27. The van der Waals surface area contributed by atoms with E-state index in [0.717, 1.165) is 17.1 Å². The zero-order valence-corrected chi connectivity index (χ0v) is 12.5. The average Bonchev–Trinajstić information content (AvgIpc) is 2.83. The largest absolute Gasteiger partial charge is 0.311 e. The molecule has 0 saturated heterocycles. The number of aromatic nitrogens is 2. The Morgan fingerprint density at radius 2 is 1.90 bits per heavy atom. The Kier molecular flexibility index (Phi) is 3.93. The molecule has 0 aliphatic carbocycles. The predicted molar refractivity (Wildman–Crippen MR) is 81.6 cm³/mol. The normalized spacial score (nSPS) is 11.4. The molecule has 20 heavy (non-hydrogen) atoms. The molecule has 2 aromatic rings. The lowest BCUT2D eigenvalue weighted by Gasteiger charge is -2.22. The highest BCUT2D eigenvalue weighted by molar-refractivity contribution is 5.90. The smallest absolute Gasteiger partial charge is 0.225 e. The molecule has 0 unspecified atom stereocenters. The second kappa shape index (κ2) is 5.49. The van der Waals surface area contributed by atoms with Crippen LogP contribution in [0.3, 0.4) is 0 Å². The van der Waals surface area contributed by atoms with Crippen LogP contribution in [0.25, 0.3) is 11.3 Å². The fourth-order valence-electron chi connectivity index (χ4n) is 1.96. The predicted octanol–water partition coefficient (Wildman–Crippen LogP) is 3.65. The molecule has 0 aliphatic heterocycles. The molecule has 4 nitrogen and oxygen atoms in total. The number of amides is 1. The van der Waals surface area contributed by atoms with Crippen molar-refractivity contribution in [2.75, 3.05) is 5.32 Å². The Morgan fingerprint density at radius 3 is 2.45 bits per heavy atom. The van der Waals surface area contributed by atoms with E-state index in [1.165, 1.54) is 0 Å². The van der Waals surface area contributed by atoms with E-state index in [2.05, 4.69) is 31.2 Å². The van der Waals surface area contributed by atoms with Crippen LogP contribution in [0.4, 0.5) is 5.82 Å². The van der Waals surface area contributed by atoms with Gasteiger partial charge in [-0.2, -0.15) is 5.10 Å².